The molecule has 7 heteroatoms. The van der Waals surface area contributed by atoms with Crippen LogP contribution in [-0.2, 0) is 17.8 Å². The molecule has 0 radical (unpaired) electrons. The highest BCUT2D eigenvalue weighted by Gasteiger charge is 2.19. The number of carbonyl (C=O) groups is 1. The second kappa shape index (κ2) is 10.3. The first kappa shape index (κ1) is 21.2. The molecule has 1 amide bonds. The zero-order chi connectivity index (χ0) is 20.8. The summed E-state index contributed by atoms with van der Waals surface area (Å²) < 4.78 is 0. The molecule has 158 valence electrons. The number of piperazine rings is 1. The van der Waals surface area contributed by atoms with Crippen molar-refractivity contribution in [1.29, 1.82) is 0 Å². The molecule has 4 rings (SSSR count). The molecule has 3 aromatic rings. The van der Waals surface area contributed by atoms with Gasteiger partial charge in [0.1, 0.15) is 0 Å². The maximum Gasteiger partial charge on any atom is 0.234 e. The summed E-state index contributed by atoms with van der Waals surface area (Å²) in [6.07, 6.45) is 0.865. The van der Waals surface area contributed by atoms with Gasteiger partial charge in [0.05, 0.1) is 22.1 Å². The molecular weight excluding hydrogens is 412 g/mol. The number of thiophene rings is 1. The quantitative estimate of drug-likeness (QED) is 0.581. The van der Waals surface area contributed by atoms with Gasteiger partial charge in [-0.05, 0) is 31.0 Å². The molecule has 30 heavy (non-hydrogen) atoms. The lowest BCUT2D eigenvalue weighted by molar-refractivity contribution is -0.122. The summed E-state index contributed by atoms with van der Waals surface area (Å²) in [5.74, 6) is 0.124. The zero-order valence-corrected chi connectivity index (χ0v) is 19.0. The molecule has 1 saturated heterocycles. The minimum atomic E-state index is 0.124. The van der Waals surface area contributed by atoms with Crippen LogP contribution in [0.4, 0.5) is 0 Å². The van der Waals surface area contributed by atoms with Crippen molar-refractivity contribution in [3.63, 3.8) is 0 Å². The number of nitrogens with zero attached hydrogens (tertiary/aromatic N) is 3. The van der Waals surface area contributed by atoms with Crippen LogP contribution >= 0.6 is 22.7 Å². The third-order valence-electron chi connectivity index (χ3n) is 5.31. The summed E-state index contributed by atoms with van der Waals surface area (Å²) in [6.45, 7) is 8.11. The van der Waals surface area contributed by atoms with Gasteiger partial charge in [-0.3, -0.25) is 14.6 Å². The molecule has 0 atom stereocenters. The van der Waals surface area contributed by atoms with Crippen LogP contribution < -0.4 is 5.32 Å². The van der Waals surface area contributed by atoms with Crippen molar-refractivity contribution < 1.29 is 4.79 Å². The van der Waals surface area contributed by atoms with Gasteiger partial charge < -0.3 is 5.32 Å². The number of carbonyl (C=O) groups excluding carboxylic acids is 1. The summed E-state index contributed by atoms with van der Waals surface area (Å²) in [7, 11) is 0. The first-order chi connectivity index (χ1) is 14.7. The van der Waals surface area contributed by atoms with Crippen molar-refractivity contribution in [2.45, 2.75) is 19.9 Å². The second-order valence-corrected chi connectivity index (χ2v) is 9.89. The van der Waals surface area contributed by atoms with Gasteiger partial charge in [-0.1, -0.05) is 30.3 Å². The SMILES string of the molecule is Cc1nc(-c2ccc(CCNC(=O)CN3CCN(Cc4ccccc4)CC3)s2)cs1. The average molecular weight is 441 g/mol. The molecule has 0 spiro atoms. The molecule has 0 bridgehead atoms. The first-order valence-corrected chi connectivity index (χ1v) is 12.1. The maximum absolute atomic E-state index is 12.3. The molecule has 5 nitrogen and oxygen atoms in total. The van der Waals surface area contributed by atoms with Crippen LogP contribution in [0.5, 0.6) is 0 Å². The number of aromatic nitrogens is 1. The molecule has 1 aromatic carbocycles. The van der Waals surface area contributed by atoms with Crippen LogP contribution in [0.1, 0.15) is 15.4 Å². The Morgan fingerprint density at radius 3 is 2.57 bits per heavy atom. The lowest BCUT2D eigenvalue weighted by Crippen LogP contribution is -2.49. The van der Waals surface area contributed by atoms with Crippen LogP contribution in [-0.4, -0.2) is 60.0 Å². The largest absolute Gasteiger partial charge is 0.355 e. The number of hydrogen-bond donors (Lipinski definition) is 1. The van der Waals surface area contributed by atoms with E-state index in [1.807, 2.05) is 6.92 Å². The summed E-state index contributed by atoms with van der Waals surface area (Å²) in [5, 5.41) is 6.28. The van der Waals surface area contributed by atoms with Crippen LogP contribution in [0, 0.1) is 6.92 Å². The van der Waals surface area contributed by atoms with Crippen LogP contribution in [0.2, 0.25) is 0 Å². The van der Waals surface area contributed by atoms with E-state index in [4.69, 9.17) is 0 Å². The van der Waals surface area contributed by atoms with Gasteiger partial charge >= 0.3 is 0 Å². The number of thiazole rings is 1. The Bertz CT molecular complexity index is 945. The topological polar surface area (TPSA) is 48.5 Å². The Balaban J connectivity index is 1.14. The standard InChI is InChI=1S/C23H28N4OS2/c1-18-25-21(17-29-18)22-8-7-20(30-22)9-10-24-23(28)16-27-13-11-26(12-14-27)15-19-5-3-2-4-6-19/h2-8,17H,9-16H2,1H3,(H,24,28). The van der Waals surface area contributed by atoms with E-state index in [0.717, 1.165) is 49.8 Å². The van der Waals surface area contributed by atoms with E-state index >= 15 is 0 Å². The predicted octanol–water partition coefficient (Wildman–Crippen LogP) is 3.66. The Hall–Kier alpha value is -2.06. The monoisotopic (exact) mass is 440 g/mol. The Morgan fingerprint density at radius 2 is 1.83 bits per heavy atom. The third kappa shape index (κ3) is 5.98. The molecule has 1 aliphatic rings. The predicted molar refractivity (Wildman–Crippen MR) is 125 cm³/mol. The van der Waals surface area contributed by atoms with Gasteiger partial charge in [-0.25, -0.2) is 4.98 Å². The molecule has 0 aliphatic carbocycles. The molecule has 1 N–H and O–H groups in total. The molecule has 2 aromatic heterocycles. The van der Waals surface area contributed by atoms with Crippen LogP contribution in [0.15, 0.2) is 47.8 Å². The maximum atomic E-state index is 12.3. The van der Waals surface area contributed by atoms with Crippen molar-refractivity contribution in [3.8, 4) is 10.6 Å². The fourth-order valence-corrected chi connectivity index (χ4v) is 5.31. The van der Waals surface area contributed by atoms with Crippen LogP contribution in [0.3, 0.4) is 0 Å². The molecule has 0 unspecified atom stereocenters. The Labute approximate surface area is 186 Å². The summed E-state index contributed by atoms with van der Waals surface area (Å²) in [4.78, 5) is 24.1. The number of hydrogen-bond acceptors (Lipinski definition) is 6. The summed E-state index contributed by atoms with van der Waals surface area (Å²) in [6, 6.07) is 14.9. The van der Waals surface area contributed by atoms with E-state index in [-0.39, 0.29) is 5.91 Å². The Morgan fingerprint density at radius 1 is 1.07 bits per heavy atom. The molecular formula is C23H28N4OS2. The van der Waals surface area contributed by atoms with E-state index in [2.05, 4.69) is 67.9 Å². The van der Waals surface area contributed by atoms with E-state index < -0.39 is 0 Å². The second-order valence-electron chi connectivity index (χ2n) is 7.66. The third-order valence-corrected chi connectivity index (χ3v) is 7.25. The zero-order valence-electron chi connectivity index (χ0n) is 17.3. The molecule has 3 heterocycles. The van der Waals surface area contributed by atoms with Gasteiger partial charge in [-0.2, -0.15) is 0 Å². The smallest absolute Gasteiger partial charge is 0.234 e. The number of aryl methyl sites for hydroxylation is 1. The fraction of sp³-hybridized carbons (Fsp3) is 0.391. The highest BCUT2D eigenvalue weighted by Crippen LogP contribution is 2.29. The number of benzene rings is 1. The van der Waals surface area contributed by atoms with Crippen molar-refractivity contribution >= 4 is 28.6 Å². The van der Waals surface area contributed by atoms with Gasteiger partial charge in [0, 0.05) is 49.5 Å². The molecule has 1 aliphatic heterocycles. The minimum Gasteiger partial charge on any atom is -0.355 e. The van der Waals surface area contributed by atoms with Crippen molar-refractivity contribution in [1.82, 2.24) is 20.1 Å². The number of amides is 1. The van der Waals surface area contributed by atoms with E-state index in [1.54, 1.807) is 22.7 Å². The van der Waals surface area contributed by atoms with Crippen molar-refractivity contribution in [3.05, 3.63) is 63.3 Å². The first-order valence-electron chi connectivity index (χ1n) is 10.4. The van der Waals surface area contributed by atoms with Crippen molar-refractivity contribution in [2.75, 3.05) is 39.3 Å². The molecule has 0 saturated carbocycles. The normalized spacial score (nSPS) is 15.4. The fourth-order valence-electron chi connectivity index (χ4n) is 3.66. The van der Waals surface area contributed by atoms with Gasteiger partial charge in [0.2, 0.25) is 5.91 Å². The van der Waals surface area contributed by atoms with Gasteiger partial charge in [0.25, 0.3) is 0 Å². The van der Waals surface area contributed by atoms with Gasteiger partial charge in [0.15, 0.2) is 0 Å². The number of rotatable bonds is 8. The lowest BCUT2D eigenvalue weighted by Gasteiger charge is -2.34. The summed E-state index contributed by atoms with van der Waals surface area (Å²) >= 11 is 3.44. The Kier molecular flexibility index (Phi) is 7.28. The highest BCUT2D eigenvalue weighted by atomic mass is 32.1. The lowest BCUT2D eigenvalue weighted by atomic mass is 10.2. The highest BCUT2D eigenvalue weighted by molar-refractivity contribution is 7.16. The van der Waals surface area contributed by atoms with Crippen molar-refractivity contribution in [2.24, 2.45) is 0 Å². The van der Waals surface area contributed by atoms with E-state index in [1.165, 1.54) is 15.3 Å². The minimum absolute atomic E-state index is 0.124. The van der Waals surface area contributed by atoms with Crippen LogP contribution in [0.25, 0.3) is 10.6 Å². The summed E-state index contributed by atoms with van der Waals surface area (Å²) in [5.41, 5.74) is 2.41. The van der Waals surface area contributed by atoms with E-state index in [0.29, 0.717) is 13.1 Å². The van der Waals surface area contributed by atoms with Gasteiger partial charge in [-0.15, -0.1) is 22.7 Å². The average Bonchev–Trinajstić information content (AvgIpc) is 3.39. The molecule has 1 fully saturated rings. The van der Waals surface area contributed by atoms with E-state index in [9.17, 15) is 4.79 Å². The number of nitrogens with one attached hydrogen (secondary N) is 1.